The summed E-state index contributed by atoms with van der Waals surface area (Å²) in [4.78, 5) is 33.7. The first kappa shape index (κ1) is 12.5. The number of ether oxygens (including phenoxy) is 1. The predicted molar refractivity (Wildman–Crippen MR) is 68.4 cm³/mol. The van der Waals surface area contributed by atoms with Gasteiger partial charge in [0.25, 0.3) is 5.91 Å². The van der Waals surface area contributed by atoms with E-state index in [1.165, 1.54) is 0 Å². The molecule has 2 aliphatic rings. The molecule has 20 heavy (non-hydrogen) atoms. The summed E-state index contributed by atoms with van der Waals surface area (Å²) < 4.78 is 5.20. The maximum absolute atomic E-state index is 11.8. The second-order valence-corrected chi connectivity index (χ2v) is 4.82. The first-order chi connectivity index (χ1) is 9.54. The molecule has 1 saturated carbocycles. The fourth-order valence-electron chi connectivity index (χ4n) is 2.15. The van der Waals surface area contributed by atoms with Crippen molar-refractivity contribution in [3.63, 3.8) is 0 Å². The van der Waals surface area contributed by atoms with Gasteiger partial charge in [0.2, 0.25) is 5.91 Å². The van der Waals surface area contributed by atoms with Crippen molar-refractivity contribution in [2.24, 2.45) is 11.8 Å². The van der Waals surface area contributed by atoms with Gasteiger partial charge in [-0.3, -0.25) is 14.4 Å². The number of carbonyl (C=O) groups excluding carboxylic acids is 2. The van der Waals surface area contributed by atoms with E-state index in [9.17, 15) is 14.4 Å². The first-order valence-corrected chi connectivity index (χ1v) is 6.15. The van der Waals surface area contributed by atoms with E-state index in [0.29, 0.717) is 23.5 Å². The number of carbonyl (C=O) groups is 3. The normalized spacial score (nSPS) is 23.1. The highest BCUT2D eigenvalue weighted by atomic mass is 16.5. The molecule has 1 aliphatic carbocycles. The Bertz CT molecular complexity index is 613. The molecular formula is C13H12N2O5. The Morgan fingerprint density at radius 1 is 1.35 bits per heavy atom. The SMILES string of the molecule is O=C1COc2ccc(NC(=O)C3CC3C(=O)O)cc2N1. The average molecular weight is 276 g/mol. The highest BCUT2D eigenvalue weighted by molar-refractivity contribution is 6.00. The number of carboxylic acids is 1. The average Bonchev–Trinajstić information content (AvgIpc) is 3.18. The van der Waals surface area contributed by atoms with Gasteiger partial charge in [-0.1, -0.05) is 0 Å². The summed E-state index contributed by atoms with van der Waals surface area (Å²) in [5, 5.41) is 14.1. The van der Waals surface area contributed by atoms with Crippen LogP contribution in [0.2, 0.25) is 0 Å². The highest BCUT2D eigenvalue weighted by Gasteiger charge is 2.48. The van der Waals surface area contributed by atoms with Gasteiger partial charge in [-0.15, -0.1) is 0 Å². The second-order valence-electron chi connectivity index (χ2n) is 4.82. The number of nitrogens with one attached hydrogen (secondary N) is 2. The molecule has 0 bridgehead atoms. The molecule has 1 aromatic carbocycles. The van der Waals surface area contributed by atoms with Crippen molar-refractivity contribution in [1.29, 1.82) is 0 Å². The Labute approximate surface area is 113 Å². The molecule has 3 rings (SSSR count). The topological polar surface area (TPSA) is 105 Å². The molecule has 2 amide bonds. The molecule has 7 heteroatoms. The van der Waals surface area contributed by atoms with E-state index in [0.717, 1.165) is 0 Å². The van der Waals surface area contributed by atoms with Crippen LogP contribution in [0.25, 0.3) is 0 Å². The van der Waals surface area contributed by atoms with Gasteiger partial charge in [-0.25, -0.2) is 0 Å². The zero-order valence-electron chi connectivity index (χ0n) is 10.4. The molecule has 1 fully saturated rings. The van der Waals surface area contributed by atoms with Crippen molar-refractivity contribution < 1.29 is 24.2 Å². The molecule has 1 aliphatic heterocycles. The summed E-state index contributed by atoms with van der Waals surface area (Å²) >= 11 is 0. The van der Waals surface area contributed by atoms with E-state index < -0.39 is 17.8 Å². The number of anilines is 2. The van der Waals surface area contributed by atoms with Crippen LogP contribution >= 0.6 is 0 Å². The van der Waals surface area contributed by atoms with Gasteiger partial charge >= 0.3 is 5.97 Å². The van der Waals surface area contributed by atoms with Crippen molar-refractivity contribution in [3.05, 3.63) is 18.2 Å². The summed E-state index contributed by atoms with van der Waals surface area (Å²) in [5.41, 5.74) is 0.986. The van der Waals surface area contributed by atoms with Crippen LogP contribution < -0.4 is 15.4 Å². The maximum Gasteiger partial charge on any atom is 0.307 e. The minimum Gasteiger partial charge on any atom is -0.482 e. The van der Waals surface area contributed by atoms with Crippen LogP contribution in [0.4, 0.5) is 11.4 Å². The third-order valence-corrected chi connectivity index (χ3v) is 3.32. The van der Waals surface area contributed by atoms with Crippen LogP contribution in [0.1, 0.15) is 6.42 Å². The van der Waals surface area contributed by atoms with E-state index in [4.69, 9.17) is 9.84 Å². The number of aliphatic carboxylic acids is 1. The minimum absolute atomic E-state index is 0.0267. The Morgan fingerprint density at radius 2 is 2.15 bits per heavy atom. The van der Waals surface area contributed by atoms with Gasteiger partial charge < -0.3 is 20.5 Å². The molecule has 1 heterocycles. The monoisotopic (exact) mass is 276 g/mol. The van der Waals surface area contributed by atoms with Crippen molar-refractivity contribution in [2.45, 2.75) is 6.42 Å². The molecule has 2 atom stereocenters. The molecule has 0 spiro atoms. The number of hydrogen-bond acceptors (Lipinski definition) is 4. The zero-order chi connectivity index (χ0) is 14.3. The Morgan fingerprint density at radius 3 is 2.85 bits per heavy atom. The molecule has 7 nitrogen and oxygen atoms in total. The van der Waals surface area contributed by atoms with E-state index in [1.807, 2.05) is 0 Å². The van der Waals surface area contributed by atoms with Gasteiger partial charge in [-0.05, 0) is 24.6 Å². The second kappa shape index (κ2) is 4.52. The third kappa shape index (κ3) is 2.29. The number of benzene rings is 1. The van der Waals surface area contributed by atoms with Crippen LogP contribution in [0.15, 0.2) is 18.2 Å². The van der Waals surface area contributed by atoms with Gasteiger partial charge in [0.15, 0.2) is 6.61 Å². The lowest BCUT2D eigenvalue weighted by Crippen LogP contribution is -2.25. The fourth-order valence-corrected chi connectivity index (χ4v) is 2.15. The molecule has 0 aromatic heterocycles. The number of carboxylic acid groups (broad SMARTS) is 1. The smallest absolute Gasteiger partial charge is 0.307 e. The lowest BCUT2D eigenvalue weighted by Gasteiger charge is -2.18. The summed E-state index contributed by atoms with van der Waals surface area (Å²) in [6.45, 7) is -0.0267. The van der Waals surface area contributed by atoms with E-state index in [1.54, 1.807) is 18.2 Å². The summed E-state index contributed by atoms with van der Waals surface area (Å²) in [6.07, 6.45) is 0.367. The van der Waals surface area contributed by atoms with Crippen molar-refractivity contribution in [1.82, 2.24) is 0 Å². The summed E-state index contributed by atoms with van der Waals surface area (Å²) in [6, 6.07) is 4.88. The number of hydrogen-bond donors (Lipinski definition) is 3. The van der Waals surface area contributed by atoms with Crippen LogP contribution in [0.3, 0.4) is 0 Å². The molecule has 3 N–H and O–H groups in total. The third-order valence-electron chi connectivity index (χ3n) is 3.32. The van der Waals surface area contributed by atoms with Gasteiger partial charge in [0.05, 0.1) is 17.5 Å². The van der Waals surface area contributed by atoms with Crippen molar-refractivity contribution in [3.8, 4) is 5.75 Å². The largest absolute Gasteiger partial charge is 0.482 e. The minimum atomic E-state index is -0.948. The Balaban J connectivity index is 1.69. The van der Waals surface area contributed by atoms with Gasteiger partial charge in [0.1, 0.15) is 5.75 Å². The van der Waals surface area contributed by atoms with Crippen molar-refractivity contribution in [2.75, 3.05) is 17.2 Å². The molecule has 2 unspecified atom stereocenters. The lowest BCUT2D eigenvalue weighted by molar-refractivity contribution is -0.139. The van der Waals surface area contributed by atoms with Crippen LogP contribution in [-0.2, 0) is 14.4 Å². The molecule has 0 radical (unpaired) electrons. The van der Waals surface area contributed by atoms with E-state index in [2.05, 4.69) is 10.6 Å². The van der Waals surface area contributed by atoms with E-state index >= 15 is 0 Å². The fraction of sp³-hybridized carbons (Fsp3) is 0.308. The quantitative estimate of drug-likeness (QED) is 0.752. The Hall–Kier alpha value is -2.57. The van der Waals surface area contributed by atoms with E-state index in [-0.39, 0.29) is 18.4 Å². The standard InChI is InChI=1S/C13H12N2O5/c16-11-5-20-10-2-1-6(3-9(10)15-11)14-12(17)7-4-8(7)13(18)19/h1-3,7-8H,4-5H2,(H,14,17)(H,15,16)(H,18,19). The van der Waals surface area contributed by atoms with Crippen LogP contribution in [-0.4, -0.2) is 29.5 Å². The first-order valence-electron chi connectivity index (χ1n) is 6.15. The molecular weight excluding hydrogens is 264 g/mol. The number of rotatable bonds is 3. The molecule has 1 aromatic rings. The molecule has 0 saturated heterocycles. The summed E-state index contributed by atoms with van der Waals surface area (Å²) in [7, 11) is 0. The van der Waals surface area contributed by atoms with Crippen LogP contribution in [0.5, 0.6) is 5.75 Å². The summed E-state index contributed by atoms with van der Waals surface area (Å²) in [5.74, 6) is -2.05. The van der Waals surface area contributed by atoms with Gasteiger partial charge in [0, 0.05) is 5.69 Å². The lowest BCUT2D eigenvalue weighted by atomic mass is 10.2. The van der Waals surface area contributed by atoms with Crippen molar-refractivity contribution >= 4 is 29.2 Å². The Kier molecular flexibility index (Phi) is 2.81. The highest BCUT2D eigenvalue weighted by Crippen LogP contribution is 2.40. The maximum atomic E-state index is 11.8. The number of fused-ring (bicyclic) bond motifs is 1. The van der Waals surface area contributed by atoms with Crippen LogP contribution in [0, 0.1) is 11.8 Å². The molecule has 104 valence electrons. The predicted octanol–water partition coefficient (Wildman–Crippen LogP) is 0.677. The van der Waals surface area contributed by atoms with Gasteiger partial charge in [-0.2, -0.15) is 0 Å². The number of amides is 2. The zero-order valence-corrected chi connectivity index (χ0v) is 10.4.